The van der Waals surface area contributed by atoms with Gasteiger partial charge in [-0.2, -0.15) is 5.10 Å². The summed E-state index contributed by atoms with van der Waals surface area (Å²) in [4.78, 5) is 4.43. The Balaban J connectivity index is 1.78. The van der Waals surface area contributed by atoms with Crippen LogP contribution in [0.15, 0.2) is 48.8 Å². The number of rotatable bonds is 6. The average molecular weight is 318 g/mol. The van der Waals surface area contributed by atoms with E-state index in [9.17, 15) is 8.78 Å². The summed E-state index contributed by atoms with van der Waals surface area (Å²) in [6, 6.07) is 10.6. The molecule has 0 spiro atoms. The molecule has 7 heteroatoms. The molecule has 1 unspecified atom stereocenters. The van der Waals surface area contributed by atoms with Gasteiger partial charge in [-0.05, 0) is 19.1 Å². The van der Waals surface area contributed by atoms with E-state index in [0.717, 1.165) is 11.2 Å². The number of fused-ring (bicyclic) bond motifs is 1. The number of nitrogens with one attached hydrogen (secondary N) is 1. The van der Waals surface area contributed by atoms with Crippen molar-refractivity contribution < 1.29 is 13.5 Å². The van der Waals surface area contributed by atoms with Crippen molar-refractivity contribution in [1.82, 2.24) is 14.6 Å². The van der Waals surface area contributed by atoms with Gasteiger partial charge in [-0.15, -0.1) is 0 Å². The first-order valence-corrected chi connectivity index (χ1v) is 7.20. The summed E-state index contributed by atoms with van der Waals surface area (Å²) >= 11 is 0. The van der Waals surface area contributed by atoms with E-state index in [-0.39, 0.29) is 6.04 Å². The zero-order chi connectivity index (χ0) is 16.2. The normalized spacial score (nSPS) is 12.5. The van der Waals surface area contributed by atoms with Crippen LogP contribution < -0.4 is 10.1 Å². The maximum absolute atomic E-state index is 12.4. The zero-order valence-electron chi connectivity index (χ0n) is 12.5. The number of benzene rings is 1. The summed E-state index contributed by atoms with van der Waals surface area (Å²) < 4.78 is 31.6. The Hall–Kier alpha value is -2.70. The highest BCUT2D eigenvalue weighted by atomic mass is 19.3. The van der Waals surface area contributed by atoms with Crippen molar-refractivity contribution >= 4 is 11.5 Å². The fourth-order valence-electron chi connectivity index (χ4n) is 2.32. The van der Waals surface area contributed by atoms with Crippen LogP contribution in [0.2, 0.25) is 0 Å². The molecule has 0 aliphatic rings. The highest BCUT2D eigenvalue weighted by Crippen LogP contribution is 2.27. The Kier molecular flexibility index (Phi) is 4.36. The minimum atomic E-state index is -2.50. The van der Waals surface area contributed by atoms with Gasteiger partial charge in [0.2, 0.25) is 0 Å². The maximum atomic E-state index is 12.4. The van der Waals surface area contributed by atoms with E-state index >= 15 is 0 Å². The number of aromatic nitrogens is 3. The predicted molar refractivity (Wildman–Crippen MR) is 83.0 cm³/mol. The molecule has 1 N–H and O–H groups in total. The smallest absolute Gasteiger partial charge is 0.272 e. The molecule has 120 valence electrons. The standard InChI is InChI=1S/C16H16F2N4O/c1-11(12-4-2-3-5-13(12)23-10-14(17)18)20-15-7-9-22-16(21-15)6-8-19-22/h2-9,11,14H,10H2,1H3,(H,20,21). The van der Waals surface area contributed by atoms with Crippen molar-refractivity contribution in [2.45, 2.75) is 19.4 Å². The van der Waals surface area contributed by atoms with Crippen LogP contribution in [0.3, 0.4) is 0 Å². The van der Waals surface area contributed by atoms with Crippen molar-refractivity contribution in [3.63, 3.8) is 0 Å². The lowest BCUT2D eigenvalue weighted by molar-refractivity contribution is 0.0813. The molecular formula is C16H16F2N4O. The molecule has 5 nitrogen and oxygen atoms in total. The fraction of sp³-hybridized carbons (Fsp3) is 0.250. The molecule has 0 amide bonds. The van der Waals surface area contributed by atoms with Crippen molar-refractivity contribution in [2.75, 3.05) is 11.9 Å². The monoisotopic (exact) mass is 318 g/mol. The Morgan fingerprint density at radius 2 is 2.04 bits per heavy atom. The second-order valence-corrected chi connectivity index (χ2v) is 5.05. The molecule has 0 saturated carbocycles. The van der Waals surface area contributed by atoms with E-state index in [4.69, 9.17) is 4.74 Å². The molecule has 1 aromatic carbocycles. The first-order valence-electron chi connectivity index (χ1n) is 7.20. The Morgan fingerprint density at radius 3 is 2.87 bits per heavy atom. The van der Waals surface area contributed by atoms with Gasteiger partial charge in [-0.3, -0.25) is 0 Å². The second-order valence-electron chi connectivity index (χ2n) is 5.05. The van der Waals surface area contributed by atoms with E-state index in [1.54, 1.807) is 41.2 Å². The summed E-state index contributed by atoms with van der Waals surface area (Å²) in [6.07, 6.45) is 0.969. The summed E-state index contributed by atoms with van der Waals surface area (Å²) in [7, 11) is 0. The predicted octanol–water partition coefficient (Wildman–Crippen LogP) is 3.55. The van der Waals surface area contributed by atoms with Crippen LogP contribution >= 0.6 is 0 Å². The molecule has 2 aromatic heterocycles. The van der Waals surface area contributed by atoms with Crippen molar-refractivity contribution in [1.29, 1.82) is 0 Å². The molecule has 3 aromatic rings. The SMILES string of the molecule is CC(Nc1ccn2nccc2n1)c1ccccc1OCC(F)F. The maximum Gasteiger partial charge on any atom is 0.272 e. The number of anilines is 1. The highest BCUT2D eigenvalue weighted by Gasteiger charge is 2.13. The van der Waals surface area contributed by atoms with Crippen molar-refractivity contribution in [3.8, 4) is 5.75 Å². The Bertz CT molecular complexity index is 790. The number of hydrogen-bond acceptors (Lipinski definition) is 4. The molecule has 0 fully saturated rings. The van der Waals surface area contributed by atoms with Crippen molar-refractivity contribution in [2.24, 2.45) is 0 Å². The quantitative estimate of drug-likeness (QED) is 0.755. The first-order chi connectivity index (χ1) is 11.1. The van der Waals surface area contributed by atoms with Crippen LogP contribution in [0.1, 0.15) is 18.5 Å². The number of nitrogens with zero attached hydrogens (tertiary/aromatic N) is 3. The third-order valence-electron chi connectivity index (χ3n) is 3.37. The molecule has 23 heavy (non-hydrogen) atoms. The van der Waals surface area contributed by atoms with Crippen molar-refractivity contribution in [3.05, 3.63) is 54.4 Å². The number of ether oxygens (including phenoxy) is 1. The third-order valence-corrected chi connectivity index (χ3v) is 3.37. The topological polar surface area (TPSA) is 51.5 Å². The molecule has 0 bridgehead atoms. The van der Waals surface area contributed by atoms with E-state index in [2.05, 4.69) is 15.4 Å². The van der Waals surface area contributed by atoms with Gasteiger partial charge in [-0.1, -0.05) is 18.2 Å². The van der Waals surface area contributed by atoms with Gasteiger partial charge >= 0.3 is 0 Å². The van der Waals surface area contributed by atoms with Gasteiger partial charge < -0.3 is 10.1 Å². The molecule has 0 radical (unpaired) electrons. The molecule has 0 saturated heterocycles. The number of para-hydroxylation sites is 1. The largest absolute Gasteiger partial charge is 0.487 e. The molecule has 0 aliphatic carbocycles. The van der Waals surface area contributed by atoms with E-state index in [1.807, 2.05) is 19.1 Å². The Labute approximate surface area is 131 Å². The summed E-state index contributed by atoms with van der Waals surface area (Å²) in [6.45, 7) is 1.30. The third kappa shape index (κ3) is 3.56. The molecule has 1 atom stereocenters. The van der Waals surface area contributed by atoms with Gasteiger partial charge in [0.25, 0.3) is 6.43 Å². The summed E-state index contributed by atoms with van der Waals surface area (Å²) in [5.74, 6) is 1.12. The zero-order valence-corrected chi connectivity index (χ0v) is 12.5. The van der Waals surface area contributed by atoms with E-state index in [1.165, 1.54) is 0 Å². The Morgan fingerprint density at radius 1 is 1.22 bits per heavy atom. The second kappa shape index (κ2) is 6.60. The van der Waals surface area contributed by atoms with E-state index < -0.39 is 13.0 Å². The van der Waals surface area contributed by atoms with Gasteiger partial charge in [0, 0.05) is 17.8 Å². The van der Waals surface area contributed by atoms with Crippen LogP contribution in [0.5, 0.6) is 5.75 Å². The summed E-state index contributed by atoms with van der Waals surface area (Å²) in [5, 5.41) is 7.34. The minimum absolute atomic E-state index is 0.151. The van der Waals surface area contributed by atoms with Crippen LogP contribution in [-0.4, -0.2) is 27.6 Å². The number of alkyl halides is 2. The molecule has 0 aliphatic heterocycles. The lowest BCUT2D eigenvalue weighted by Gasteiger charge is -2.18. The van der Waals surface area contributed by atoms with Crippen LogP contribution in [0.4, 0.5) is 14.6 Å². The van der Waals surface area contributed by atoms with Gasteiger partial charge in [0.15, 0.2) is 5.65 Å². The summed E-state index contributed by atoms with van der Waals surface area (Å²) in [5.41, 5.74) is 1.52. The minimum Gasteiger partial charge on any atom is -0.487 e. The van der Waals surface area contributed by atoms with Crippen LogP contribution in [0.25, 0.3) is 5.65 Å². The molecule has 3 rings (SSSR count). The lowest BCUT2D eigenvalue weighted by atomic mass is 10.1. The van der Waals surface area contributed by atoms with Gasteiger partial charge in [-0.25, -0.2) is 18.3 Å². The molecular weight excluding hydrogens is 302 g/mol. The average Bonchev–Trinajstić information content (AvgIpc) is 3.00. The number of halogens is 2. The van der Waals surface area contributed by atoms with Crippen LogP contribution in [-0.2, 0) is 0 Å². The van der Waals surface area contributed by atoms with Gasteiger partial charge in [0.1, 0.15) is 18.2 Å². The first kappa shape index (κ1) is 15.2. The highest BCUT2D eigenvalue weighted by molar-refractivity contribution is 5.48. The fourth-order valence-corrected chi connectivity index (χ4v) is 2.32. The lowest BCUT2D eigenvalue weighted by Crippen LogP contribution is -2.13. The number of hydrogen-bond donors (Lipinski definition) is 1. The van der Waals surface area contributed by atoms with Crippen LogP contribution in [0, 0.1) is 0 Å². The van der Waals surface area contributed by atoms with Gasteiger partial charge in [0.05, 0.1) is 12.2 Å². The molecule has 2 heterocycles. The van der Waals surface area contributed by atoms with E-state index in [0.29, 0.717) is 11.6 Å².